The average Bonchev–Trinajstić information content (AvgIpc) is 2.67. The third-order valence-electron chi connectivity index (χ3n) is 5.93. The third kappa shape index (κ3) is 3.78. The molecule has 3 nitrogen and oxygen atoms in total. The minimum absolute atomic E-state index is 0.150. The minimum Gasteiger partial charge on any atom is -0.482 e. The van der Waals surface area contributed by atoms with Crippen molar-refractivity contribution in [3.63, 3.8) is 0 Å². The van der Waals surface area contributed by atoms with Crippen molar-refractivity contribution in [2.24, 2.45) is 0 Å². The molecule has 2 atom stereocenters. The first kappa shape index (κ1) is 18.2. The number of unbranched alkanes of at least 4 members (excludes halogenated alkanes) is 1. The number of fused-ring (bicyclic) bond motifs is 2. The van der Waals surface area contributed by atoms with Crippen LogP contribution in [0, 0.1) is 6.92 Å². The average molecular weight is 365 g/mol. The highest BCUT2D eigenvalue weighted by atomic mass is 16.5. The highest BCUT2D eigenvalue weighted by molar-refractivity contribution is 5.67. The van der Waals surface area contributed by atoms with Crippen molar-refractivity contribution in [2.75, 3.05) is 11.4 Å². The summed E-state index contributed by atoms with van der Waals surface area (Å²) in [4.78, 5) is 2.57. The molecule has 1 aliphatic heterocycles. The van der Waals surface area contributed by atoms with Gasteiger partial charge in [-0.1, -0.05) is 37.1 Å². The first-order chi connectivity index (χ1) is 13.2. The van der Waals surface area contributed by atoms with Gasteiger partial charge in [-0.2, -0.15) is 0 Å². The molecule has 0 saturated heterocycles. The van der Waals surface area contributed by atoms with Crippen LogP contribution in [-0.4, -0.2) is 18.7 Å². The molecule has 0 radical (unpaired) electrons. The van der Waals surface area contributed by atoms with E-state index in [-0.39, 0.29) is 6.10 Å². The molecule has 0 spiro atoms. The summed E-state index contributed by atoms with van der Waals surface area (Å²) in [6.45, 7) is 7.69. The standard InChI is InChI=1S/C24H32N2O/c1-4-5-14-25-19-8-10-20(11-9-19)26-21-12-6-17(2)15-23(21)27-24-16-18(3)7-13-22(24)26/h6-8,12-13,15,20,24-25H,4-5,9-11,14,16H2,1-3H3. The molecule has 3 aliphatic rings. The Labute approximate surface area is 163 Å². The van der Waals surface area contributed by atoms with Gasteiger partial charge in [0.1, 0.15) is 11.9 Å². The summed E-state index contributed by atoms with van der Waals surface area (Å²) in [5.74, 6) is 1.04. The third-order valence-corrected chi connectivity index (χ3v) is 5.93. The number of ether oxygens (including phenoxy) is 1. The first-order valence-corrected chi connectivity index (χ1v) is 10.5. The van der Waals surface area contributed by atoms with Gasteiger partial charge in [-0.15, -0.1) is 0 Å². The Morgan fingerprint density at radius 1 is 1.22 bits per heavy atom. The Bertz CT molecular complexity index is 790. The van der Waals surface area contributed by atoms with Crippen LogP contribution in [-0.2, 0) is 0 Å². The minimum atomic E-state index is 0.150. The molecule has 3 heteroatoms. The molecule has 0 fully saturated rings. The topological polar surface area (TPSA) is 24.5 Å². The normalized spacial score (nSPS) is 24.1. The SMILES string of the molecule is CCCCNC1=CCC(N2C3=CC=C(C)CC3Oc3cc(C)ccc32)CC1. The Morgan fingerprint density at radius 2 is 2.11 bits per heavy atom. The van der Waals surface area contributed by atoms with Crippen molar-refractivity contribution in [1.29, 1.82) is 0 Å². The fourth-order valence-corrected chi connectivity index (χ4v) is 4.39. The molecule has 144 valence electrons. The van der Waals surface area contributed by atoms with Crippen molar-refractivity contribution in [1.82, 2.24) is 5.32 Å². The molecule has 0 bridgehead atoms. The summed E-state index contributed by atoms with van der Waals surface area (Å²) >= 11 is 0. The van der Waals surface area contributed by atoms with Gasteiger partial charge in [-0.3, -0.25) is 0 Å². The lowest BCUT2D eigenvalue weighted by Crippen LogP contribution is -2.45. The summed E-state index contributed by atoms with van der Waals surface area (Å²) in [6, 6.07) is 7.15. The van der Waals surface area contributed by atoms with E-state index in [1.807, 2.05) is 0 Å². The lowest BCUT2D eigenvalue weighted by molar-refractivity contribution is 0.216. The largest absolute Gasteiger partial charge is 0.482 e. The van der Waals surface area contributed by atoms with Gasteiger partial charge in [0.25, 0.3) is 0 Å². The van der Waals surface area contributed by atoms with Gasteiger partial charge in [0, 0.05) is 24.7 Å². The number of hydrogen-bond donors (Lipinski definition) is 1. The zero-order valence-electron chi connectivity index (χ0n) is 16.9. The molecular weight excluding hydrogens is 332 g/mol. The smallest absolute Gasteiger partial charge is 0.144 e. The van der Waals surface area contributed by atoms with Gasteiger partial charge < -0.3 is 15.0 Å². The molecule has 1 heterocycles. The molecule has 2 aliphatic carbocycles. The van der Waals surface area contributed by atoms with Crippen LogP contribution in [0.2, 0.25) is 0 Å². The number of anilines is 1. The van der Waals surface area contributed by atoms with Crippen molar-refractivity contribution in [3.8, 4) is 5.75 Å². The molecular formula is C24H32N2O. The van der Waals surface area contributed by atoms with Gasteiger partial charge >= 0.3 is 0 Å². The Morgan fingerprint density at radius 3 is 2.89 bits per heavy atom. The fraction of sp³-hybridized carbons (Fsp3) is 0.500. The van der Waals surface area contributed by atoms with Gasteiger partial charge in [0.2, 0.25) is 0 Å². The van der Waals surface area contributed by atoms with E-state index < -0.39 is 0 Å². The molecule has 4 rings (SSSR count). The van der Waals surface area contributed by atoms with E-state index >= 15 is 0 Å². The van der Waals surface area contributed by atoms with E-state index in [4.69, 9.17) is 4.74 Å². The zero-order chi connectivity index (χ0) is 18.8. The number of benzene rings is 1. The van der Waals surface area contributed by atoms with Crippen LogP contribution in [0.1, 0.15) is 57.9 Å². The molecule has 1 aromatic rings. The number of hydrogen-bond acceptors (Lipinski definition) is 3. The summed E-state index contributed by atoms with van der Waals surface area (Å²) < 4.78 is 6.42. The highest BCUT2D eigenvalue weighted by Crippen LogP contribution is 2.44. The second kappa shape index (κ2) is 7.84. The van der Waals surface area contributed by atoms with Crippen LogP contribution in [0.3, 0.4) is 0 Å². The summed E-state index contributed by atoms with van der Waals surface area (Å²) in [5.41, 5.74) is 6.65. The fourth-order valence-electron chi connectivity index (χ4n) is 4.39. The van der Waals surface area contributed by atoms with Crippen LogP contribution in [0.25, 0.3) is 0 Å². The number of allylic oxidation sites excluding steroid dienone is 3. The number of nitrogens with zero attached hydrogens (tertiary/aromatic N) is 1. The lowest BCUT2D eigenvalue weighted by atomic mass is 9.91. The van der Waals surface area contributed by atoms with Gasteiger partial charge in [-0.05, 0) is 63.3 Å². The molecule has 0 amide bonds. The molecule has 1 N–H and O–H groups in total. The Hall–Kier alpha value is -2.16. The maximum atomic E-state index is 6.42. The second-order valence-electron chi connectivity index (χ2n) is 8.19. The van der Waals surface area contributed by atoms with Gasteiger partial charge in [0.05, 0.1) is 11.4 Å². The maximum Gasteiger partial charge on any atom is 0.144 e. The monoisotopic (exact) mass is 364 g/mol. The Kier molecular flexibility index (Phi) is 5.29. The number of nitrogens with one attached hydrogen (secondary N) is 1. The number of aryl methyl sites for hydroxylation is 1. The summed E-state index contributed by atoms with van der Waals surface area (Å²) in [6.07, 6.45) is 14.0. The molecule has 0 aromatic heterocycles. The van der Waals surface area contributed by atoms with E-state index in [0.29, 0.717) is 6.04 Å². The lowest BCUT2D eigenvalue weighted by Gasteiger charge is -2.45. The van der Waals surface area contributed by atoms with E-state index in [9.17, 15) is 0 Å². The zero-order valence-corrected chi connectivity index (χ0v) is 16.9. The Balaban J connectivity index is 1.60. The predicted molar refractivity (Wildman–Crippen MR) is 113 cm³/mol. The van der Waals surface area contributed by atoms with Gasteiger partial charge in [0.15, 0.2) is 0 Å². The van der Waals surface area contributed by atoms with Crippen LogP contribution in [0.4, 0.5) is 5.69 Å². The van der Waals surface area contributed by atoms with Crippen LogP contribution in [0.15, 0.2) is 53.4 Å². The van der Waals surface area contributed by atoms with Crippen molar-refractivity contribution < 1.29 is 4.74 Å². The van der Waals surface area contributed by atoms with E-state index in [0.717, 1.165) is 31.6 Å². The first-order valence-electron chi connectivity index (χ1n) is 10.5. The van der Waals surface area contributed by atoms with E-state index in [1.54, 1.807) is 0 Å². The van der Waals surface area contributed by atoms with Crippen LogP contribution < -0.4 is 15.0 Å². The second-order valence-corrected chi connectivity index (χ2v) is 8.19. The van der Waals surface area contributed by atoms with Crippen molar-refractivity contribution in [3.05, 3.63) is 59.0 Å². The molecule has 27 heavy (non-hydrogen) atoms. The molecule has 2 unspecified atom stereocenters. The van der Waals surface area contributed by atoms with Crippen molar-refractivity contribution >= 4 is 5.69 Å². The van der Waals surface area contributed by atoms with Crippen LogP contribution in [0.5, 0.6) is 5.75 Å². The maximum absolute atomic E-state index is 6.42. The van der Waals surface area contributed by atoms with Crippen molar-refractivity contribution in [2.45, 2.75) is 71.4 Å². The summed E-state index contributed by atoms with van der Waals surface area (Å²) in [7, 11) is 0. The number of rotatable bonds is 5. The van der Waals surface area contributed by atoms with Crippen LogP contribution >= 0.6 is 0 Å². The van der Waals surface area contributed by atoms with Gasteiger partial charge in [-0.25, -0.2) is 0 Å². The summed E-state index contributed by atoms with van der Waals surface area (Å²) in [5, 5.41) is 3.63. The molecule has 0 saturated carbocycles. The highest BCUT2D eigenvalue weighted by Gasteiger charge is 2.36. The van der Waals surface area contributed by atoms with E-state index in [2.05, 4.69) is 67.4 Å². The predicted octanol–water partition coefficient (Wildman–Crippen LogP) is 5.62. The quantitative estimate of drug-likeness (QED) is 0.686. The van der Waals surface area contributed by atoms with E-state index in [1.165, 1.54) is 47.5 Å². The molecule has 1 aromatic carbocycles.